The molecule has 0 radical (unpaired) electrons. The van der Waals surface area contributed by atoms with E-state index in [-0.39, 0.29) is 12.5 Å². The van der Waals surface area contributed by atoms with E-state index in [0.717, 1.165) is 38.1 Å². The number of nitrogens with one attached hydrogen (secondary N) is 1. The van der Waals surface area contributed by atoms with Gasteiger partial charge in [0.15, 0.2) is 0 Å². The number of aryl methyl sites for hydroxylation is 2. The van der Waals surface area contributed by atoms with E-state index in [0.29, 0.717) is 12.2 Å². The van der Waals surface area contributed by atoms with Gasteiger partial charge in [-0.3, -0.25) is 13.9 Å². The van der Waals surface area contributed by atoms with E-state index in [1.807, 2.05) is 50.2 Å². The summed E-state index contributed by atoms with van der Waals surface area (Å²) in [6.07, 6.45) is 1.85. The Hall–Kier alpha value is -2.39. The standard InChI is InChI=1S/C24H32BrN3O4S/c1-6-13-26-24(30)19(4)27(15-20-9-11-21(25)12-10-20)23(29)16-28(33(5,31)32)22-14-17(2)7-8-18(22)3/h7-12,14,19H,6,13,15-16H2,1-5H3,(H,26,30). The number of rotatable bonds is 10. The highest BCUT2D eigenvalue weighted by molar-refractivity contribution is 9.10. The second-order valence-electron chi connectivity index (χ2n) is 8.17. The summed E-state index contributed by atoms with van der Waals surface area (Å²) in [5.74, 6) is -0.733. The fraction of sp³-hybridized carbons (Fsp3) is 0.417. The van der Waals surface area contributed by atoms with Crippen LogP contribution in [0.1, 0.15) is 37.0 Å². The molecule has 7 nitrogen and oxygen atoms in total. The molecule has 2 rings (SSSR count). The Morgan fingerprint density at radius 3 is 2.30 bits per heavy atom. The molecule has 2 amide bonds. The van der Waals surface area contributed by atoms with Gasteiger partial charge in [0.1, 0.15) is 12.6 Å². The van der Waals surface area contributed by atoms with Crippen molar-refractivity contribution in [1.82, 2.24) is 10.2 Å². The number of carbonyl (C=O) groups excluding carboxylic acids is 2. The van der Waals surface area contributed by atoms with Gasteiger partial charge in [-0.15, -0.1) is 0 Å². The SMILES string of the molecule is CCCNC(=O)C(C)N(Cc1ccc(Br)cc1)C(=O)CN(c1cc(C)ccc1C)S(C)(=O)=O. The van der Waals surface area contributed by atoms with Crippen molar-refractivity contribution in [2.24, 2.45) is 0 Å². The van der Waals surface area contributed by atoms with E-state index < -0.39 is 28.5 Å². The van der Waals surface area contributed by atoms with Gasteiger partial charge in [-0.2, -0.15) is 0 Å². The van der Waals surface area contributed by atoms with Crippen LogP contribution in [0.3, 0.4) is 0 Å². The lowest BCUT2D eigenvalue weighted by molar-refractivity contribution is -0.139. The summed E-state index contributed by atoms with van der Waals surface area (Å²) in [6, 6.07) is 12.1. The van der Waals surface area contributed by atoms with Gasteiger partial charge < -0.3 is 10.2 Å². The Morgan fingerprint density at radius 2 is 1.73 bits per heavy atom. The first-order valence-electron chi connectivity index (χ1n) is 10.8. The molecule has 0 aliphatic rings. The minimum atomic E-state index is -3.75. The number of hydrogen-bond donors (Lipinski definition) is 1. The lowest BCUT2D eigenvalue weighted by atomic mass is 10.1. The molecule has 0 fully saturated rings. The molecular formula is C24H32BrN3O4S. The van der Waals surface area contributed by atoms with Crippen LogP contribution < -0.4 is 9.62 Å². The highest BCUT2D eigenvalue weighted by Gasteiger charge is 2.30. The molecule has 9 heteroatoms. The van der Waals surface area contributed by atoms with Crippen molar-refractivity contribution in [3.05, 3.63) is 63.6 Å². The normalized spacial score (nSPS) is 12.2. The molecular weight excluding hydrogens is 506 g/mol. The van der Waals surface area contributed by atoms with Crippen molar-refractivity contribution in [3.63, 3.8) is 0 Å². The Labute approximate surface area is 205 Å². The quantitative estimate of drug-likeness (QED) is 0.499. The molecule has 0 aromatic heterocycles. The molecule has 1 N–H and O–H groups in total. The molecule has 2 aromatic carbocycles. The van der Waals surface area contributed by atoms with E-state index in [4.69, 9.17) is 0 Å². The first kappa shape index (κ1) is 26.9. The van der Waals surface area contributed by atoms with Crippen LogP contribution >= 0.6 is 15.9 Å². The van der Waals surface area contributed by atoms with Gasteiger partial charge in [0.25, 0.3) is 0 Å². The van der Waals surface area contributed by atoms with Crippen LogP contribution in [0.4, 0.5) is 5.69 Å². The van der Waals surface area contributed by atoms with Crippen LogP contribution in [0.15, 0.2) is 46.9 Å². The zero-order valence-electron chi connectivity index (χ0n) is 19.8. The van der Waals surface area contributed by atoms with E-state index in [2.05, 4.69) is 21.2 Å². The number of benzene rings is 2. The maximum Gasteiger partial charge on any atom is 0.244 e. The van der Waals surface area contributed by atoms with Gasteiger partial charge in [-0.05, 0) is 62.1 Å². The number of nitrogens with zero attached hydrogens (tertiary/aromatic N) is 2. The fourth-order valence-corrected chi connectivity index (χ4v) is 4.51. The van der Waals surface area contributed by atoms with E-state index in [9.17, 15) is 18.0 Å². The Kier molecular flexibility index (Phi) is 9.48. The largest absolute Gasteiger partial charge is 0.354 e. The minimum absolute atomic E-state index is 0.178. The summed E-state index contributed by atoms with van der Waals surface area (Å²) in [5, 5.41) is 2.82. The van der Waals surface area contributed by atoms with Gasteiger partial charge >= 0.3 is 0 Å². The molecule has 1 atom stereocenters. The number of carbonyl (C=O) groups is 2. The highest BCUT2D eigenvalue weighted by Crippen LogP contribution is 2.24. The van der Waals surface area contributed by atoms with Crippen LogP contribution in [-0.2, 0) is 26.2 Å². The summed E-state index contributed by atoms with van der Waals surface area (Å²) in [4.78, 5) is 27.6. The average molecular weight is 539 g/mol. The van der Waals surface area contributed by atoms with Crippen LogP contribution in [-0.4, -0.2) is 50.5 Å². The van der Waals surface area contributed by atoms with Gasteiger partial charge in [0, 0.05) is 17.6 Å². The molecule has 0 heterocycles. The minimum Gasteiger partial charge on any atom is -0.354 e. The van der Waals surface area contributed by atoms with Crippen LogP contribution in [0, 0.1) is 13.8 Å². The molecule has 0 aliphatic carbocycles. The van der Waals surface area contributed by atoms with E-state index in [1.165, 1.54) is 4.90 Å². The van der Waals surface area contributed by atoms with Gasteiger partial charge in [-0.25, -0.2) is 8.42 Å². The second-order valence-corrected chi connectivity index (χ2v) is 11.0. The first-order chi connectivity index (χ1) is 15.4. The van der Waals surface area contributed by atoms with Crippen molar-refractivity contribution in [2.75, 3.05) is 23.7 Å². The van der Waals surface area contributed by atoms with E-state index in [1.54, 1.807) is 19.9 Å². The monoisotopic (exact) mass is 537 g/mol. The summed E-state index contributed by atoms with van der Waals surface area (Å²) in [6.45, 7) is 7.56. The summed E-state index contributed by atoms with van der Waals surface area (Å²) < 4.78 is 27.3. The Balaban J connectivity index is 2.40. The number of amides is 2. The second kappa shape index (κ2) is 11.7. The van der Waals surface area contributed by atoms with Crippen LogP contribution in [0.2, 0.25) is 0 Å². The maximum atomic E-state index is 13.5. The van der Waals surface area contributed by atoms with Crippen molar-refractivity contribution in [1.29, 1.82) is 0 Å². The lowest BCUT2D eigenvalue weighted by Gasteiger charge is -2.32. The molecule has 2 aromatic rings. The molecule has 0 saturated heterocycles. The maximum absolute atomic E-state index is 13.5. The predicted molar refractivity (Wildman–Crippen MR) is 136 cm³/mol. The van der Waals surface area contributed by atoms with E-state index >= 15 is 0 Å². The summed E-state index contributed by atoms with van der Waals surface area (Å²) in [7, 11) is -3.75. The first-order valence-corrected chi connectivity index (χ1v) is 13.4. The van der Waals surface area contributed by atoms with Crippen LogP contribution in [0.25, 0.3) is 0 Å². The molecule has 0 spiro atoms. The van der Waals surface area contributed by atoms with Crippen LogP contribution in [0.5, 0.6) is 0 Å². The van der Waals surface area contributed by atoms with Crippen molar-refractivity contribution >= 4 is 43.5 Å². The topological polar surface area (TPSA) is 86.8 Å². The smallest absolute Gasteiger partial charge is 0.244 e. The number of anilines is 1. The van der Waals surface area contributed by atoms with Gasteiger partial charge in [-0.1, -0.05) is 47.1 Å². The predicted octanol–water partition coefficient (Wildman–Crippen LogP) is 3.78. The molecule has 1 unspecified atom stereocenters. The van der Waals surface area contributed by atoms with Crippen molar-refractivity contribution in [2.45, 2.75) is 46.7 Å². The van der Waals surface area contributed by atoms with Crippen molar-refractivity contribution in [3.8, 4) is 0 Å². The molecule has 180 valence electrons. The molecule has 0 saturated carbocycles. The fourth-order valence-electron chi connectivity index (χ4n) is 3.35. The molecule has 33 heavy (non-hydrogen) atoms. The molecule has 0 bridgehead atoms. The molecule has 0 aliphatic heterocycles. The third kappa shape index (κ3) is 7.57. The summed E-state index contributed by atoms with van der Waals surface area (Å²) in [5.41, 5.74) is 2.92. The van der Waals surface area contributed by atoms with Gasteiger partial charge in [0.05, 0.1) is 11.9 Å². The highest BCUT2D eigenvalue weighted by atomic mass is 79.9. The Bertz CT molecular complexity index is 1090. The van der Waals surface area contributed by atoms with Gasteiger partial charge in [0.2, 0.25) is 21.8 Å². The zero-order chi connectivity index (χ0) is 24.8. The zero-order valence-corrected chi connectivity index (χ0v) is 22.2. The Morgan fingerprint density at radius 1 is 1.09 bits per heavy atom. The average Bonchev–Trinajstić information content (AvgIpc) is 2.75. The number of sulfonamides is 1. The summed E-state index contributed by atoms with van der Waals surface area (Å²) >= 11 is 3.40. The number of hydrogen-bond acceptors (Lipinski definition) is 4. The number of halogens is 1. The lowest BCUT2D eigenvalue weighted by Crippen LogP contribution is -2.51. The third-order valence-corrected chi connectivity index (χ3v) is 6.95. The van der Waals surface area contributed by atoms with Crippen molar-refractivity contribution < 1.29 is 18.0 Å². The third-order valence-electron chi connectivity index (χ3n) is 5.30.